The Bertz CT molecular complexity index is 1000. The summed E-state index contributed by atoms with van der Waals surface area (Å²) in [4.78, 5) is 12.4. The molecular formula is C24H27BO4. The van der Waals surface area contributed by atoms with Crippen molar-refractivity contribution < 1.29 is 18.8 Å². The zero-order valence-corrected chi connectivity index (χ0v) is 17.7. The van der Waals surface area contributed by atoms with Gasteiger partial charge in [-0.15, -0.1) is 0 Å². The van der Waals surface area contributed by atoms with Crippen LogP contribution in [-0.4, -0.2) is 31.4 Å². The molecule has 1 saturated heterocycles. The highest BCUT2D eigenvalue weighted by atomic mass is 16.7. The fourth-order valence-electron chi connectivity index (χ4n) is 4.10. The number of hydrogen-bond donors (Lipinski definition) is 0. The van der Waals surface area contributed by atoms with Crippen LogP contribution in [0.15, 0.2) is 54.6 Å². The summed E-state index contributed by atoms with van der Waals surface area (Å²) >= 11 is 0. The van der Waals surface area contributed by atoms with Crippen molar-refractivity contribution in [2.75, 3.05) is 7.11 Å². The number of carbonyl (C=O) groups excluding carboxylic acids is 1. The molecular weight excluding hydrogens is 363 g/mol. The van der Waals surface area contributed by atoms with Gasteiger partial charge in [-0.3, -0.25) is 4.79 Å². The molecule has 1 atom stereocenters. The molecule has 1 aliphatic rings. The monoisotopic (exact) mass is 390 g/mol. The summed E-state index contributed by atoms with van der Waals surface area (Å²) in [6.07, 6.45) is 0.186. The van der Waals surface area contributed by atoms with Gasteiger partial charge in [0.05, 0.1) is 24.7 Å². The van der Waals surface area contributed by atoms with Gasteiger partial charge in [0, 0.05) is 5.82 Å². The molecule has 0 aromatic heterocycles. The number of benzene rings is 3. The van der Waals surface area contributed by atoms with Crippen molar-refractivity contribution >= 4 is 34.6 Å². The molecule has 150 valence electrons. The van der Waals surface area contributed by atoms with Crippen molar-refractivity contribution in [3.63, 3.8) is 0 Å². The van der Waals surface area contributed by atoms with Crippen LogP contribution in [0.2, 0.25) is 0 Å². The van der Waals surface area contributed by atoms with Gasteiger partial charge in [-0.25, -0.2) is 0 Å². The number of fused-ring (bicyclic) bond motifs is 2. The Morgan fingerprint density at radius 2 is 1.41 bits per heavy atom. The van der Waals surface area contributed by atoms with Gasteiger partial charge in [0.2, 0.25) is 0 Å². The molecule has 4 rings (SSSR count). The molecule has 1 fully saturated rings. The fourth-order valence-corrected chi connectivity index (χ4v) is 4.10. The number of carbonyl (C=O) groups is 1. The Kier molecular flexibility index (Phi) is 4.92. The fraction of sp³-hybridized carbons (Fsp3) is 0.375. The van der Waals surface area contributed by atoms with Gasteiger partial charge in [0.25, 0.3) is 0 Å². The van der Waals surface area contributed by atoms with Crippen LogP contribution in [-0.2, 0) is 18.8 Å². The molecule has 0 bridgehead atoms. The standard InChI is InChI=1S/C24H27BO4/c1-23(2)24(3,4)29-25(28-23)20(15-21(26)27-5)22-18-12-8-6-10-16(18)14-17-11-7-9-13-19(17)22/h6-14,20H,15H2,1-5H3. The van der Waals surface area contributed by atoms with Crippen LogP contribution in [0.3, 0.4) is 0 Å². The lowest BCUT2D eigenvalue weighted by atomic mass is 9.64. The maximum Gasteiger partial charge on any atom is 0.466 e. The lowest BCUT2D eigenvalue weighted by Crippen LogP contribution is -2.41. The van der Waals surface area contributed by atoms with E-state index in [4.69, 9.17) is 14.0 Å². The summed E-state index contributed by atoms with van der Waals surface area (Å²) in [7, 11) is 0.874. The second-order valence-electron chi connectivity index (χ2n) is 8.74. The first kappa shape index (κ1) is 19.9. The zero-order valence-electron chi connectivity index (χ0n) is 17.7. The molecule has 3 aromatic rings. The van der Waals surface area contributed by atoms with E-state index in [0.29, 0.717) is 0 Å². The van der Waals surface area contributed by atoms with Crippen molar-refractivity contribution in [3.05, 3.63) is 60.2 Å². The molecule has 4 nitrogen and oxygen atoms in total. The molecule has 1 heterocycles. The van der Waals surface area contributed by atoms with E-state index < -0.39 is 18.3 Å². The van der Waals surface area contributed by atoms with E-state index >= 15 is 0 Å². The third kappa shape index (κ3) is 3.43. The molecule has 0 N–H and O–H groups in total. The molecule has 0 saturated carbocycles. The first-order valence-corrected chi connectivity index (χ1v) is 10.1. The molecule has 0 aliphatic carbocycles. The smallest absolute Gasteiger partial charge is 0.466 e. The van der Waals surface area contributed by atoms with Gasteiger partial charge in [0.1, 0.15) is 0 Å². The summed E-state index contributed by atoms with van der Waals surface area (Å²) in [5.74, 6) is -0.568. The van der Waals surface area contributed by atoms with Crippen LogP contribution in [0.4, 0.5) is 0 Å². The normalized spacial score (nSPS) is 18.9. The Hall–Kier alpha value is -2.37. The van der Waals surface area contributed by atoms with Crippen LogP contribution in [0.5, 0.6) is 0 Å². The number of esters is 1. The second-order valence-corrected chi connectivity index (χ2v) is 8.74. The maximum atomic E-state index is 12.4. The van der Waals surface area contributed by atoms with E-state index in [9.17, 15) is 4.79 Å². The van der Waals surface area contributed by atoms with E-state index in [1.165, 1.54) is 7.11 Å². The predicted molar refractivity (Wildman–Crippen MR) is 117 cm³/mol. The minimum absolute atomic E-state index is 0.186. The van der Waals surface area contributed by atoms with Crippen molar-refractivity contribution in [1.82, 2.24) is 0 Å². The van der Waals surface area contributed by atoms with Gasteiger partial charge in [-0.1, -0.05) is 48.5 Å². The Morgan fingerprint density at radius 1 is 0.931 bits per heavy atom. The summed E-state index contributed by atoms with van der Waals surface area (Å²) in [6, 6.07) is 18.7. The number of hydrogen-bond acceptors (Lipinski definition) is 4. The van der Waals surface area contributed by atoms with E-state index in [1.807, 2.05) is 52.0 Å². The van der Waals surface area contributed by atoms with E-state index in [-0.39, 0.29) is 18.2 Å². The molecule has 3 aromatic carbocycles. The van der Waals surface area contributed by atoms with Crippen LogP contribution in [0.25, 0.3) is 21.5 Å². The lowest BCUT2D eigenvalue weighted by molar-refractivity contribution is -0.140. The van der Waals surface area contributed by atoms with Crippen LogP contribution < -0.4 is 0 Å². The van der Waals surface area contributed by atoms with E-state index in [2.05, 4.69) is 30.3 Å². The number of rotatable bonds is 4. The SMILES string of the molecule is COC(=O)CC(B1OC(C)(C)C(C)(C)O1)c1c2ccccc2cc2ccccc12. The maximum absolute atomic E-state index is 12.4. The minimum Gasteiger partial charge on any atom is -0.469 e. The van der Waals surface area contributed by atoms with Gasteiger partial charge < -0.3 is 14.0 Å². The van der Waals surface area contributed by atoms with E-state index in [1.54, 1.807) is 0 Å². The number of ether oxygens (including phenoxy) is 1. The first-order chi connectivity index (χ1) is 13.7. The molecule has 29 heavy (non-hydrogen) atoms. The summed E-state index contributed by atoms with van der Waals surface area (Å²) in [6.45, 7) is 8.12. The first-order valence-electron chi connectivity index (χ1n) is 10.1. The van der Waals surface area contributed by atoms with Gasteiger partial charge in [0.15, 0.2) is 0 Å². The van der Waals surface area contributed by atoms with Crippen molar-refractivity contribution in [3.8, 4) is 0 Å². The molecule has 1 aliphatic heterocycles. The molecule has 0 spiro atoms. The zero-order chi connectivity index (χ0) is 20.8. The Morgan fingerprint density at radius 3 is 1.90 bits per heavy atom. The predicted octanol–water partition coefficient (Wildman–Crippen LogP) is 5.27. The lowest BCUT2D eigenvalue weighted by Gasteiger charge is -2.32. The highest BCUT2D eigenvalue weighted by Crippen LogP contribution is 2.44. The second kappa shape index (κ2) is 7.15. The molecule has 5 heteroatoms. The van der Waals surface area contributed by atoms with Gasteiger partial charge in [-0.2, -0.15) is 0 Å². The van der Waals surface area contributed by atoms with Crippen molar-refractivity contribution in [2.24, 2.45) is 0 Å². The van der Waals surface area contributed by atoms with Gasteiger partial charge in [-0.05, 0) is 60.9 Å². The van der Waals surface area contributed by atoms with Crippen LogP contribution >= 0.6 is 0 Å². The van der Waals surface area contributed by atoms with Crippen LogP contribution in [0.1, 0.15) is 45.5 Å². The average molecular weight is 390 g/mol. The minimum atomic E-state index is -0.548. The molecule has 0 radical (unpaired) electrons. The summed E-state index contributed by atoms with van der Waals surface area (Å²) in [5, 5.41) is 4.48. The van der Waals surface area contributed by atoms with Crippen molar-refractivity contribution in [1.29, 1.82) is 0 Å². The third-order valence-corrected chi connectivity index (χ3v) is 6.40. The van der Waals surface area contributed by atoms with Gasteiger partial charge >= 0.3 is 13.1 Å². The Balaban J connectivity index is 1.95. The van der Waals surface area contributed by atoms with Crippen LogP contribution in [0, 0.1) is 0 Å². The highest BCUT2D eigenvalue weighted by Gasteiger charge is 2.54. The number of methoxy groups -OCH3 is 1. The quantitative estimate of drug-likeness (QED) is 0.346. The Labute approximate surface area is 172 Å². The topological polar surface area (TPSA) is 44.8 Å². The molecule has 0 amide bonds. The highest BCUT2D eigenvalue weighted by molar-refractivity contribution is 6.48. The summed E-state index contributed by atoms with van der Waals surface area (Å²) in [5.41, 5.74) is 0.112. The average Bonchev–Trinajstić information content (AvgIpc) is 2.91. The van der Waals surface area contributed by atoms with Crippen molar-refractivity contribution in [2.45, 2.75) is 51.1 Å². The summed E-state index contributed by atoms with van der Waals surface area (Å²) < 4.78 is 17.8. The molecule has 1 unspecified atom stereocenters. The third-order valence-electron chi connectivity index (χ3n) is 6.40. The van der Waals surface area contributed by atoms with E-state index in [0.717, 1.165) is 27.1 Å². The largest absolute Gasteiger partial charge is 0.469 e.